The van der Waals surface area contributed by atoms with Gasteiger partial charge >= 0.3 is 0 Å². The summed E-state index contributed by atoms with van der Waals surface area (Å²) in [6.45, 7) is 4.08. The summed E-state index contributed by atoms with van der Waals surface area (Å²) in [5.41, 5.74) is 1.64. The van der Waals surface area contributed by atoms with Crippen LogP contribution in [-0.4, -0.2) is 16.1 Å². The number of carbonyl (C=O) groups is 1. The number of aldehydes is 1. The zero-order chi connectivity index (χ0) is 13.1. The van der Waals surface area contributed by atoms with Gasteiger partial charge in [-0.15, -0.1) is 0 Å². The fourth-order valence-electron chi connectivity index (χ4n) is 1.76. The van der Waals surface area contributed by atoms with Gasteiger partial charge in [0.15, 0.2) is 6.29 Å². The maximum atomic E-state index is 13.2. The van der Waals surface area contributed by atoms with E-state index >= 15 is 0 Å². The standard InChI is InChI=1S/C14H15FN2O/c1-3-10(2)17-8-12(9-18)14(16-17)11-5-4-6-13(15)7-11/h4-10H,3H2,1-2H3. The Balaban J connectivity index is 2.50. The molecule has 1 atom stereocenters. The molecule has 0 spiro atoms. The lowest BCUT2D eigenvalue weighted by molar-refractivity contribution is 0.112. The predicted molar refractivity (Wildman–Crippen MR) is 68.0 cm³/mol. The average Bonchev–Trinajstić information content (AvgIpc) is 2.82. The summed E-state index contributed by atoms with van der Waals surface area (Å²) in [5, 5.41) is 4.38. The van der Waals surface area contributed by atoms with Gasteiger partial charge in [-0.25, -0.2) is 4.39 Å². The van der Waals surface area contributed by atoms with Gasteiger partial charge in [-0.2, -0.15) is 5.10 Å². The minimum absolute atomic E-state index is 0.214. The Morgan fingerprint density at radius 3 is 2.89 bits per heavy atom. The summed E-state index contributed by atoms with van der Waals surface area (Å²) in [4.78, 5) is 11.1. The Hall–Kier alpha value is -1.97. The van der Waals surface area contributed by atoms with Crippen molar-refractivity contribution in [1.82, 2.24) is 9.78 Å². The summed E-state index contributed by atoms with van der Waals surface area (Å²) in [6, 6.07) is 6.33. The summed E-state index contributed by atoms with van der Waals surface area (Å²) in [5.74, 6) is -0.331. The second-order valence-corrected chi connectivity index (χ2v) is 4.30. The van der Waals surface area contributed by atoms with E-state index in [4.69, 9.17) is 0 Å². The van der Waals surface area contributed by atoms with Crippen molar-refractivity contribution in [3.63, 3.8) is 0 Å². The number of carbonyl (C=O) groups excluding carboxylic acids is 1. The SMILES string of the molecule is CCC(C)n1cc(C=O)c(-c2cccc(F)c2)n1. The first kappa shape index (κ1) is 12.5. The Bertz CT molecular complexity index is 563. The zero-order valence-corrected chi connectivity index (χ0v) is 10.4. The largest absolute Gasteiger partial charge is 0.298 e. The molecule has 1 unspecified atom stereocenters. The number of hydrogen-bond acceptors (Lipinski definition) is 2. The molecule has 0 aliphatic carbocycles. The molecule has 0 saturated carbocycles. The molecule has 2 rings (SSSR count). The van der Waals surface area contributed by atoms with Gasteiger partial charge < -0.3 is 0 Å². The third-order valence-electron chi connectivity index (χ3n) is 3.03. The van der Waals surface area contributed by atoms with Crippen LogP contribution >= 0.6 is 0 Å². The van der Waals surface area contributed by atoms with Crippen molar-refractivity contribution in [2.45, 2.75) is 26.3 Å². The van der Waals surface area contributed by atoms with Gasteiger partial charge in [-0.1, -0.05) is 19.1 Å². The average molecular weight is 246 g/mol. The van der Waals surface area contributed by atoms with Crippen molar-refractivity contribution in [3.05, 3.63) is 41.8 Å². The van der Waals surface area contributed by atoms with Gasteiger partial charge in [0.05, 0.1) is 5.56 Å². The van der Waals surface area contributed by atoms with Crippen LogP contribution in [-0.2, 0) is 0 Å². The lowest BCUT2D eigenvalue weighted by atomic mass is 10.1. The van der Waals surface area contributed by atoms with E-state index in [1.165, 1.54) is 12.1 Å². The van der Waals surface area contributed by atoms with E-state index in [0.717, 1.165) is 12.7 Å². The molecule has 0 radical (unpaired) electrons. The second kappa shape index (κ2) is 5.12. The molecule has 0 fully saturated rings. The first-order valence-corrected chi connectivity index (χ1v) is 5.96. The number of aromatic nitrogens is 2. The molecule has 0 aliphatic rings. The van der Waals surface area contributed by atoms with E-state index in [1.807, 2.05) is 6.92 Å². The molecule has 94 valence electrons. The minimum atomic E-state index is -0.331. The molecule has 0 bridgehead atoms. The first-order valence-electron chi connectivity index (χ1n) is 5.96. The molecular formula is C14H15FN2O. The molecular weight excluding hydrogens is 231 g/mol. The fourth-order valence-corrected chi connectivity index (χ4v) is 1.76. The lowest BCUT2D eigenvalue weighted by Gasteiger charge is -2.07. The van der Waals surface area contributed by atoms with Crippen molar-refractivity contribution in [1.29, 1.82) is 0 Å². The Kier molecular flexibility index (Phi) is 3.55. The first-order chi connectivity index (χ1) is 8.65. The molecule has 0 N–H and O–H groups in total. The Labute approximate surface area is 105 Å². The highest BCUT2D eigenvalue weighted by atomic mass is 19.1. The van der Waals surface area contributed by atoms with Gasteiger partial charge in [0, 0.05) is 17.8 Å². The monoisotopic (exact) mass is 246 g/mol. The maximum Gasteiger partial charge on any atom is 0.153 e. The summed E-state index contributed by atoms with van der Waals surface area (Å²) >= 11 is 0. The quantitative estimate of drug-likeness (QED) is 0.774. The van der Waals surface area contributed by atoms with Crippen LogP contribution in [0.4, 0.5) is 4.39 Å². The second-order valence-electron chi connectivity index (χ2n) is 4.30. The van der Waals surface area contributed by atoms with Gasteiger partial charge in [-0.3, -0.25) is 9.48 Å². The molecule has 1 aromatic heterocycles. The molecule has 2 aromatic rings. The highest BCUT2D eigenvalue weighted by molar-refractivity contribution is 5.85. The van der Waals surface area contributed by atoms with Crippen LogP contribution in [0.25, 0.3) is 11.3 Å². The molecule has 4 heteroatoms. The van der Waals surface area contributed by atoms with Crippen molar-refractivity contribution in [2.24, 2.45) is 0 Å². The number of rotatable bonds is 4. The number of hydrogen-bond donors (Lipinski definition) is 0. The highest BCUT2D eigenvalue weighted by Crippen LogP contribution is 2.23. The number of halogens is 1. The number of nitrogens with zero attached hydrogens (tertiary/aromatic N) is 2. The van der Waals surface area contributed by atoms with E-state index < -0.39 is 0 Å². The smallest absolute Gasteiger partial charge is 0.153 e. The van der Waals surface area contributed by atoms with Crippen molar-refractivity contribution in [2.75, 3.05) is 0 Å². The normalized spacial score (nSPS) is 12.4. The topological polar surface area (TPSA) is 34.9 Å². The molecule has 0 amide bonds. The summed E-state index contributed by atoms with van der Waals surface area (Å²) < 4.78 is 15.0. The van der Waals surface area contributed by atoms with Crippen LogP contribution in [0.3, 0.4) is 0 Å². The Morgan fingerprint density at radius 2 is 2.28 bits per heavy atom. The van der Waals surface area contributed by atoms with Crippen LogP contribution in [0.2, 0.25) is 0 Å². The van der Waals surface area contributed by atoms with Crippen LogP contribution < -0.4 is 0 Å². The molecule has 3 nitrogen and oxygen atoms in total. The van der Waals surface area contributed by atoms with E-state index in [0.29, 0.717) is 16.8 Å². The minimum Gasteiger partial charge on any atom is -0.298 e. The van der Waals surface area contributed by atoms with Gasteiger partial charge in [0.1, 0.15) is 11.5 Å². The predicted octanol–water partition coefficient (Wildman–Crippen LogP) is 3.47. The van der Waals surface area contributed by atoms with Crippen molar-refractivity contribution in [3.8, 4) is 11.3 Å². The summed E-state index contributed by atoms with van der Waals surface area (Å²) in [6.07, 6.45) is 3.39. The number of benzene rings is 1. The van der Waals surface area contributed by atoms with Gasteiger partial charge in [0.25, 0.3) is 0 Å². The fraction of sp³-hybridized carbons (Fsp3) is 0.286. The zero-order valence-electron chi connectivity index (χ0n) is 10.4. The van der Waals surface area contributed by atoms with Gasteiger partial charge in [-0.05, 0) is 25.5 Å². The van der Waals surface area contributed by atoms with Crippen LogP contribution in [0, 0.1) is 5.82 Å². The van der Waals surface area contributed by atoms with Crippen LogP contribution in [0.5, 0.6) is 0 Å². The van der Waals surface area contributed by atoms with E-state index in [2.05, 4.69) is 12.0 Å². The van der Waals surface area contributed by atoms with Crippen molar-refractivity contribution >= 4 is 6.29 Å². The Morgan fingerprint density at radius 1 is 1.50 bits per heavy atom. The highest BCUT2D eigenvalue weighted by Gasteiger charge is 2.13. The van der Waals surface area contributed by atoms with E-state index in [-0.39, 0.29) is 11.9 Å². The molecule has 1 aromatic carbocycles. The van der Waals surface area contributed by atoms with Gasteiger partial charge in [0.2, 0.25) is 0 Å². The summed E-state index contributed by atoms with van der Waals surface area (Å²) in [7, 11) is 0. The van der Waals surface area contributed by atoms with E-state index in [1.54, 1.807) is 23.0 Å². The third-order valence-corrected chi connectivity index (χ3v) is 3.03. The molecule has 18 heavy (non-hydrogen) atoms. The van der Waals surface area contributed by atoms with E-state index in [9.17, 15) is 9.18 Å². The third kappa shape index (κ3) is 2.32. The van der Waals surface area contributed by atoms with Crippen LogP contribution in [0.1, 0.15) is 36.7 Å². The van der Waals surface area contributed by atoms with Crippen molar-refractivity contribution < 1.29 is 9.18 Å². The van der Waals surface area contributed by atoms with Crippen LogP contribution in [0.15, 0.2) is 30.5 Å². The molecule has 1 heterocycles. The lowest BCUT2D eigenvalue weighted by Crippen LogP contribution is -2.04. The molecule has 0 aliphatic heterocycles. The maximum absolute atomic E-state index is 13.2. The molecule has 0 saturated heterocycles.